The zero-order valence-electron chi connectivity index (χ0n) is 32.6. The average Bonchev–Trinajstić information content (AvgIpc) is 3.02. The number of carboxylic acids is 12. The molecular formula is C30H36Gd4N6O24. The Morgan fingerprint density at radius 2 is 0.250 bits per heavy atom. The first kappa shape index (κ1) is 76.9. The molecule has 0 aliphatic heterocycles. The zero-order valence-corrected chi connectivity index (χ0v) is 41.7. The molecular weight excluding hydrogens is 1460 g/mol. The number of hydrogen-bond acceptors (Lipinski definition) is 30. The maximum Gasteiger partial charge on any atom is 3.00 e. The van der Waals surface area contributed by atoms with Gasteiger partial charge in [0, 0.05) is 118 Å². The number of carbonyl (C=O) groups is 12. The van der Waals surface area contributed by atoms with Gasteiger partial charge in [-0.2, -0.15) is 0 Å². The SMILES string of the molecule is O=C([O-])CN(CCN(CC(=O)[O-])CC(=O)[O-])CC(=O)[O-].O=C([O-])CN(CCN(CC(=O)[O-])CC(=O)[O-])CC(=O)[O-].O=C([O-])CN(CCN(CC(=O)[O-])CC(=O)[O-])CC(=O)[O-].[Gd+3].[Gd+3].[Gd+3].[Gd+3]. The zero-order chi connectivity index (χ0) is 47.1. The average molecular weight is 1490 g/mol. The molecule has 0 amide bonds. The van der Waals surface area contributed by atoms with Gasteiger partial charge in [0.1, 0.15) is 0 Å². The summed E-state index contributed by atoms with van der Waals surface area (Å²) in [5, 5.41) is 125. The van der Waals surface area contributed by atoms with Crippen molar-refractivity contribution in [3.63, 3.8) is 0 Å². The fourth-order valence-corrected chi connectivity index (χ4v) is 4.32. The van der Waals surface area contributed by atoms with Crippen LogP contribution in [0.4, 0.5) is 0 Å². The summed E-state index contributed by atoms with van der Waals surface area (Å²) in [6.45, 7) is -9.75. The van der Waals surface area contributed by atoms with E-state index in [1.54, 1.807) is 0 Å². The van der Waals surface area contributed by atoms with Crippen LogP contribution in [-0.4, -0.2) is 219 Å². The van der Waals surface area contributed by atoms with Crippen LogP contribution in [0.15, 0.2) is 0 Å². The van der Waals surface area contributed by atoms with Gasteiger partial charge in [-0.1, -0.05) is 0 Å². The molecule has 0 aromatic heterocycles. The number of nitrogens with zero attached hydrogens (tertiary/aromatic N) is 6. The van der Waals surface area contributed by atoms with Crippen molar-refractivity contribution >= 4 is 71.6 Å². The Morgan fingerprint density at radius 1 is 0.188 bits per heavy atom. The van der Waals surface area contributed by atoms with Crippen molar-refractivity contribution in [1.29, 1.82) is 0 Å². The third kappa shape index (κ3) is 56.8. The summed E-state index contributed by atoms with van der Waals surface area (Å²) in [5.41, 5.74) is 0. The van der Waals surface area contributed by atoms with E-state index in [0.29, 0.717) is 0 Å². The van der Waals surface area contributed by atoms with E-state index in [2.05, 4.69) is 0 Å². The Balaban J connectivity index is -0.000000148. The van der Waals surface area contributed by atoms with Crippen molar-refractivity contribution in [3.8, 4) is 0 Å². The van der Waals surface area contributed by atoms with Crippen molar-refractivity contribution in [3.05, 3.63) is 0 Å². The van der Waals surface area contributed by atoms with E-state index >= 15 is 0 Å². The number of carboxylic acid groups (broad SMARTS) is 12. The van der Waals surface area contributed by atoms with Crippen molar-refractivity contribution in [2.45, 2.75) is 0 Å². The van der Waals surface area contributed by atoms with E-state index in [4.69, 9.17) is 0 Å². The van der Waals surface area contributed by atoms with Crippen molar-refractivity contribution in [2.75, 3.05) is 118 Å². The minimum Gasteiger partial charge on any atom is -0.549 e. The molecule has 0 atom stereocenters. The van der Waals surface area contributed by atoms with Crippen LogP contribution in [0.3, 0.4) is 0 Å². The molecule has 0 rings (SSSR count). The predicted octanol–water partition coefficient (Wildman–Crippen LogP) is -22.2. The van der Waals surface area contributed by atoms with Gasteiger partial charge in [-0.05, 0) is 0 Å². The molecule has 362 valence electrons. The van der Waals surface area contributed by atoms with Crippen molar-refractivity contribution in [1.82, 2.24) is 29.4 Å². The van der Waals surface area contributed by atoms with Crippen molar-refractivity contribution < 1.29 is 279 Å². The Kier molecular flexibility index (Phi) is 54.7. The normalized spacial score (nSPS) is 10.0. The van der Waals surface area contributed by atoms with Gasteiger partial charge in [0.15, 0.2) is 0 Å². The first-order valence-corrected chi connectivity index (χ1v) is 16.3. The Labute approximate surface area is 490 Å². The van der Waals surface area contributed by atoms with Crippen LogP contribution in [0.5, 0.6) is 0 Å². The Morgan fingerprint density at radius 3 is 0.297 bits per heavy atom. The molecule has 0 bridgehead atoms. The van der Waals surface area contributed by atoms with Gasteiger partial charge in [-0.25, -0.2) is 0 Å². The molecule has 0 saturated carbocycles. The predicted molar refractivity (Wildman–Crippen MR) is 159 cm³/mol. The third-order valence-electron chi connectivity index (χ3n) is 6.43. The van der Waals surface area contributed by atoms with E-state index in [1.165, 1.54) is 0 Å². The molecule has 0 aliphatic rings. The summed E-state index contributed by atoms with van der Waals surface area (Å²) in [6.07, 6.45) is 0. The molecule has 30 nitrogen and oxygen atoms in total. The van der Waals surface area contributed by atoms with Gasteiger partial charge < -0.3 is 119 Å². The van der Waals surface area contributed by atoms with E-state index < -0.39 is 150 Å². The molecule has 0 spiro atoms. The van der Waals surface area contributed by atoms with Gasteiger partial charge in [0.2, 0.25) is 0 Å². The second-order valence-corrected chi connectivity index (χ2v) is 11.7. The molecule has 0 fully saturated rings. The molecule has 0 aromatic rings. The maximum absolute atomic E-state index is 10.4. The maximum atomic E-state index is 10.4. The van der Waals surface area contributed by atoms with Crippen LogP contribution in [0.1, 0.15) is 0 Å². The second-order valence-electron chi connectivity index (χ2n) is 11.7. The summed E-state index contributed by atoms with van der Waals surface area (Å²) in [7, 11) is 0. The monoisotopic (exact) mass is 1500 g/mol. The summed E-state index contributed by atoms with van der Waals surface area (Å²) in [6, 6.07) is 0. The number of rotatable bonds is 33. The molecule has 0 unspecified atom stereocenters. The summed E-state index contributed by atoms with van der Waals surface area (Å²) < 4.78 is 0. The number of aliphatic carboxylic acids is 12. The van der Waals surface area contributed by atoms with E-state index in [0.717, 1.165) is 29.4 Å². The quantitative estimate of drug-likeness (QED) is 0.0589. The molecule has 0 aliphatic carbocycles. The third-order valence-corrected chi connectivity index (χ3v) is 6.43. The van der Waals surface area contributed by atoms with Gasteiger partial charge >= 0.3 is 160 Å². The second kappa shape index (κ2) is 45.5. The smallest absolute Gasteiger partial charge is 0.549 e. The first-order valence-electron chi connectivity index (χ1n) is 16.3. The fraction of sp³-hybridized carbons (Fsp3) is 0.600. The summed E-state index contributed by atoms with van der Waals surface area (Å²) in [5.74, 6) is -18.4. The molecule has 64 heavy (non-hydrogen) atoms. The molecule has 0 N–H and O–H groups in total. The minimum absolute atomic E-state index is 0. The van der Waals surface area contributed by atoms with Crippen LogP contribution in [0, 0.1) is 160 Å². The van der Waals surface area contributed by atoms with E-state index in [1.807, 2.05) is 0 Å². The Hall–Kier alpha value is -1.30. The van der Waals surface area contributed by atoms with E-state index in [9.17, 15) is 119 Å². The van der Waals surface area contributed by atoms with Gasteiger partial charge in [-0.15, -0.1) is 0 Å². The first-order chi connectivity index (χ1) is 27.6. The summed E-state index contributed by atoms with van der Waals surface area (Å²) >= 11 is 0. The van der Waals surface area contributed by atoms with Crippen LogP contribution in [-0.2, 0) is 57.5 Å². The molecule has 0 aromatic carbocycles. The largest absolute Gasteiger partial charge is 3.00 e. The topological polar surface area (TPSA) is 501 Å². The number of carbonyl (C=O) groups excluding carboxylic acids is 12. The van der Waals surface area contributed by atoms with Gasteiger partial charge in [-0.3, -0.25) is 29.4 Å². The van der Waals surface area contributed by atoms with Gasteiger partial charge in [0.05, 0.1) is 71.6 Å². The van der Waals surface area contributed by atoms with Crippen LogP contribution < -0.4 is 61.3 Å². The van der Waals surface area contributed by atoms with Gasteiger partial charge in [0.25, 0.3) is 0 Å². The van der Waals surface area contributed by atoms with E-state index in [-0.39, 0.29) is 199 Å². The molecule has 4 radical (unpaired) electrons. The molecule has 0 heterocycles. The molecule has 34 heteroatoms. The van der Waals surface area contributed by atoms with Crippen LogP contribution >= 0.6 is 0 Å². The minimum atomic E-state index is -1.53. The summed E-state index contributed by atoms with van der Waals surface area (Å²) in [4.78, 5) is 130. The molecule has 0 saturated heterocycles. The number of hydrogen-bond donors (Lipinski definition) is 0. The standard InChI is InChI=1S/3C10H16N2O8.4Gd/c3*13-7(14)3-11(4-8(15)16)1-2-12(5-9(17)18)6-10(19)20;;;;/h3*1-6H2,(H,13,14)(H,15,16)(H,17,18)(H,19,20);;;;/q;;;4*+3/p-12. The van der Waals surface area contributed by atoms with Crippen LogP contribution in [0.25, 0.3) is 0 Å². The van der Waals surface area contributed by atoms with Crippen molar-refractivity contribution in [2.24, 2.45) is 0 Å². The Bertz CT molecular complexity index is 1140. The van der Waals surface area contributed by atoms with Crippen LogP contribution in [0.2, 0.25) is 0 Å². The fourth-order valence-electron chi connectivity index (χ4n) is 4.32.